The summed E-state index contributed by atoms with van der Waals surface area (Å²) >= 11 is 0. The number of allylic oxidation sites excluding steroid dienone is 1. The lowest BCUT2D eigenvalue weighted by molar-refractivity contribution is 0.0862. The Morgan fingerprint density at radius 1 is 1.44 bits per heavy atom. The van der Waals surface area contributed by atoms with E-state index in [4.69, 9.17) is 9.15 Å². The van der Waals surface area contributed by atoms with Crippen molar-refractivity contribution in [2.45, 2.75) is 26.4 Å². The summed E-state index contributed by atoms with van der Waals surface area (Å²) in [6, 6.07) is 1.57. The maximum atomic E-state index is 11.6. The molecule has 0 spiro atoms. The third-order valence-electron chi connectivity index (χ3n) is 2.35. The van der Waals surface area contributed by atoms with E-state index in [9.17, 15) is 9.59 Å². The summed E-state index contributed by atoms with van der Waals surface area (Å²) < 4.78 is 10.4. The Balaban J connectivity index is 2.59. The predicted molar refractivity (Wildman–Crippen MR) is 58.7 cm³/mol. The van der Waals surface area contributed by atoms with Crippen LogP contribution in [0.5, 0.6) is 5.75 Å². The highest BCUT2D eigenvalue weighted by atomic mass is 16.5. The minimum absolute atomic E-state index is 0.0337. The van der Waals surface area contributed by atoms with Crippen molar-refractivity contribution in [2.75, 3.05) is 0 Å². The molecule has 2 rings (SSSR count). The number of Topliss-reactive ketones (excluding diaryl/α,β-unsaturated/α-hetero) is 1. The molecule has 84 valence electrons. The zero-order valence-corrected chi connectivity index (χ0v) is 9.15. The van der Waals surface area contributed by atoms with Gasteiger partial charge < -0.3 is 9.15 Å². The second-order valence-electron chi connectivity index (χ2n) is 3.73. The average molecular weight is 220 g/mol. The highest BCUT2D eigenvalue weighted by Gasteiger charge is 2.27. The van der Waals surface area contributed by atoms with Gasteiger partial charge >= 0.3 is 5.63 Å². The monoisotopic (exact) mass is 220 g/mol. The van der Waals surface area contributed by atoms with Crippen molar-refractivity contribution in [1.82, 2.24) is 0 Å². The van der Waals surface area contributed by atoms with Crippen molar-refractivity contribution in [3.05, 3.63) is 33.9 Å². The maximum absolute atomic E-state index is 11.6. The molecule has 0 aliphatic carbocycles. The molecule has 0 N–H and O–H groups in total. The molecule has 0 amide bonds. The quantitative estimate of drug-likeness (QED) is 0.726. The third-order valence-corrected chi connectivity index (χ3v) is 2.35. The van der Waals surface area contributed by atoms with E-state index >= 15 is 0 Å². The van der Waals surface area contributed by atoms with Gasteiger partial charge in [0.15, 0.2) is 5.78 Å². The molecule has 1 aliphatic heterocycles. The van der Waals surface area contributed by atoms with E-state index in [0.29, 0.717) is 11.5 Å². The number of hydrogen-bond donors (Lipinski definition) is 0. The molecule has 1 aromatic heterocycles. The Kier molecular flexibility index (Phi) is 2.64. The van der Waals surface area contributed by atoms with Crippen LogP contribution >= 0.6 is 0 Å². The fourth-order valence-corrected chi connectivity index (χ4v) is 1.70. The third kappa shape index (κ3) is 1.78. The van der Waals surface area contributed by atoms with E-state index in [0.717, 1.165) is 0 Å². The summed E-state index contributed by atoms with van der Waals surface area (Å²) in [6.07, 6.45) is 3.43. The molecule has 1 unspecified atom stereocenters. The molecule has 0 saturated carbocycles. The van der Waals surface area contributed by atoms with Crippen LogP contribution in [0.1, 0.15) is 36.4 Å². The second kappa shape index (κ2) is 3.96. The summed E-state index contributed by atoms with van der Waals surface area (Å²) in [7, 11) is 0. The van der Waals surface area contributed by atoms with E-state index in [1.54, 1.807) is 25.1 Å². The smallest absolute Gasteiger partial charge is 0.351 e. The first-order chi connectivity index (χ1) is 7.61. The Bertz CT molecular complexity index is 510. The number of carbonyl (C=O) groups excluding carboxylic acids is 1. The lowest BCUT2D eigenvalue weighted by Crippen LogP contribution is -2.29. The molecule has 1 aliphatic rings. The van der Waals surface area contributed by atoms with Gasteiger partial charge in [0.1, 0.15) is 23.2 Å². The molecule has 0 aromatic carbocycles. The van der Waals surface area contributed by atoms with E-state index in [-0.39, 0.29) is 23.9 Å². The first-order valence-corrected chi connectivity index (χ1v) is 5.12. The normalized spacial score (nSPS) is 19.6. The molecule has 2 heterocycles. The van der Waals surface area contributed by atoms with Gasteiger partial charge in [-0.25, -0.2) is 4.79 Å². The van der Waals surface area contributed by atoms with E-state index in [2.05, 4.69) is 0 Å². The summed E-state index contributed by atoms with van der Waals surface area (Å²) in [5.41, 5.74) is -0.589. The second-order valence-corrected chi connectivity index (χ2v) is 3.73. The minimum atomic E-state index is -0.623. The van der Waals surface area contributed by atoms with Crippen LogP contribution < -0.4 is 10.4 Å². The molecule has 1 atom stereocenters. The molecule has 16 heavy (non-hydrogen) atoms. The Morgan fingerprint density at radius 3 is 2.88 bits per heavy atom. The molecule has 0 radical (unpaired) electrons. The number of hydrogen-bond acceptors (Lipinski definition) is 4. The van der Waals surface area contributed by atoms with E-state index in [1.807, 2.05) is 6.92 Å². The topological polar surface area (TPSA) is 56.5 Å². The number of rotatable bonds is 1. The fraction of sp³-hybridized carbons (Fsp3) is 0.333. The van der Waals surface area contributed by atoms with Crippen LogP contribution in [0, 0.1) is 0 Å². The van der Waals surface area contributed by atoms with Crippen molar-refractivity contribution in [1.29, 1.82) is 0 Å². The van der Waals surface area contributed by atoms with Crippen LogP contribution in [0.2, 0.25) is 0 Å². The van der Waals surface area contributed by atoms with Crippen molar-refractivity contribution in [3.8, 4) is 5.75 Å². The average Bonchev–Trinajstić information content (AvgIpc) is 2.15. The molecule has 1 aromatic rings. The van der Waals surface area contributed by atoms with Crippen LogP contribution in [0.4, 0.5) is 0 Å². The van der Waals surface area contributed by atoms with E-state index < -0.39 is 5.63 Å². The van der Waals surface area contributed by atoms with Gasteiger partial charge in [-0.3, -0.25) is 4.79 Å². The number of ether oxygens (including phenoxy) is 1. The number of carbonyl (C=O) groups is 1. The molecule has 0 saturated heterocycles. The molecular formula is C12H12O4. The first kappa shape index (κ1) is 10.7. The number of fused-ring (bicyclic) bond motifs is 1. The molecular weight excluding hydrogens is 208 g/mol. The highest BCUT2D eigenvalue weighted by Crippen LogP contribution is 2.26. The highest BCUT2D eigenvalue weighted by molar-refractivity contribution is 5.99. The van der Waals surface area contributed by atoms with Gasteiger partial charge in [-0.05, 0) is 19.9 Å². The Morgan fingerprint density at radius 2 is 2.19 bits per heavy atom. The van der Waals surface area contributed by atoms with Crippen LogP contribution in [0.3, 0.4) is 0 Å². The zero-order valence-electron chi connectivity index (χ0n) is 9.15. The lowest BCUT2D eigenvalue weighted by Gasteiger charge is -2.20. The fourth-order valence-electron chi connectivity index (χ4n) is 1.70. The van der Waals surface area contributed by atoms with Gasteiger partial charge in [-0.1, -0.05) is 6.08 Å². The SMILES string of the molecule is CC=Cc1cc2c(c(=O)o1)C(=O)CC(C)O2. The summed E-state index contributed by atoms with van der Waals surface area (Å²) in [5.74, 6) is 0.510. The van der Waals surface area contributed by atoms with Crippen LogP contribution in [-0.4, -0.2) is 11.9 Å². The first-order valence-electron chi connectivity index (χ1n) is 5.12. The molecule has 4 nitrogen and oxygen atoms in total. The van der Waals surface area contributed by atoms with Crippen molar-refractivity contribution >= 4 is 11.9 Å². The Hall–Kier alpha value is -1.84. The molecule has 4 heteroatoms. The zero-order chi connectivity index (χ0) is 11.7. The predicted octanol–water partition coefficient (Wildman–Crippen LogP) is 2.03. The number of ketones is 1. The van der Waals surface area contributed by atoms with Crippen LogP contribution in [0.25, 0.3) is 6.08 Å². The van der Waals surface area contributed by atoms with Gasteiger partial charge in [0, 0.05) is 12.5 Å². The van der Waals surface area contributed by atoms with Crippen molar-refractivity contribution in [3.63, 3.8) is 0 Å². The van der Waals surface area contributed by atoms with E-state index in [1.165, 1.54) is 0 Å². The van der Waals surface area contributed by atoms with Gasteiger partial charge in [-0.2, -0.15) is 0 Å². The Labute approximate surface area is 92.5 Å². The summed E-state index contributed by atoms with van der Waals surface area (Å²) in [6.45, 7) is 3.61. The summed E-state index contributed by atoms with van der Waals surface area (Å²) in [4.78, 5) is 23.2. The maximum Gasteiger partial charge on any atom is 0.351 e. The minimum Gasteiger partial charge on any atom is -0.489 e. The van der Waals surface area contributed by atoms with Crippen molar-refractivity contribution in [2.24, 2.45) is 0 Å². The molecule has 0 fully saturated rings. The van der Waals surface area contributed by atoms with Gasteiger partial charge in [0.25, 0.3) is 0 Å². The van der Waals surface area contributed by atoms with Gasteiger partial charge in [0.05, 0.1) is 0 Å². The standard InChI is InChI=1S/C12H12O4/c1-3-4-8-6-10-11(12(14)16-8)9(13)5-7(2)15-10/h3-4,6-7H,5H2,1-2H3. The van der Waals surface area contributed by atoms with Gasteiger partial charge in [0.2, 0.25) is 0 Å². The van der Waals surface area contributed by atoms with Crippen molar-refractivity contribution < 1.29 is 13.9 Å². The largest absolute Gasteiger partial charge is 0.489 e. The molecule has 0 bridgehead atoms. The lowest BCUT2D eigenvalue weighted by atomic mass is 10.0. The summed E-state index contributed by atoms with van der Waals surface area (Å²) in [5, 5.41) is 0. The van der Waals surface area contributed by atoms with Crippen LogP contribution in [0.15, 0.2) is 21.4 Å². The van der Waals surface area contributed by atoms with Gasteiger partial charge in [-0.15, -0.1) is 0 Å². The van der Waals surface area contributed by atoms with Crippen LogP contribution in [-0.2, 0) is 0 Å².